The smallest absolute Gasteiger partial charge is 0.122 e. The van der Waals surface area contributed by atoms with Gasteiger partial charge in [0.05, 0.1) is 6.61 Å². The van der Waals surface area contributed by atoms with Gasteiger partial charge in [-0.2, -0.15) is 0 Å². The standard InChI is InChI=1S/C17H29N3O/c1-4-20(10-5-9-19(2)3)16(13-18)14-6-7-17-15(12-14)8-11-21-17/h6-7,12,16H,4-5,8-11,13,18H2,1-3H3. The van der Waals surface area contributed by atoms with E-state index in [-0.39, 0.29) is 0 Å². The lowest BCUT2D eigenvalue weighted by Crippen LogP contribution is -2.35. The van der Waals surface area contributed by atoms with Crippen LogP contribution in [0, 0.1) is 0 Å². The summed E-state index contributed by atoms with van der Waals surface area (Å²) in [6, 6.07) is 6.88. The zero-order valence-corrected chi connectivity index (χ0v) is 13.6. The Balaban J connectivity index is 2.05. The summed E-state index contributed by atoms with van der Waals surface area (Å²) in [7, 11) is 4.24. The number of fused-ring (bicyclic) bond motifs is 1. The lowest BCUT2D eigenvalue weighted by atomic mass is 10.0. The van der Waals surface area contributed by atoms with Crippen molar-refractivity contribution in [2.24, 2.45) is 5.73 Å². The third-order valence-electron chi connectivity index (χ3n) is 4.22. The van der Waals surface area contributed by atoms with Gasteiger partial charge in [0.2, 0.25) is 0 Å². The van der Waals surface area contributed by atoms with Crippen molar-refractivity contribution in [3.8, 4) is 5.75 Å². The molecular weight excluding hydrogens is 262 g/mol. The molecule has 2 N–H and O–H groups in total. The Hall–Kier alpha value is -1.10. The van der Waals surface area contributed by atoms with E-state index in [0.717, 1.165) is 38.4 Å². The minimum atomic E-state index is 0.308. The maximum Gasteiger partial charge on any atom is 0.122 e. The Labute approximate surface area is 128 Å². The van der Waals surface area contributed by atoms with Crippen LogP contribution in [0.4, 0.5) is 0 Å². The fourth-order valence-electron chi connectivity index (χ4n) is 3.03. The number of likely N-dealkylation sites (N-methyl/N-ethyl adjacent to an activating group) is 1. The highest BCUT2D eigenvalue weighted by Gasteiger charge is 2.20. The minimum Gasteiger partial charge on any atom is -0.493 e. The molecule has 1 aliphatic rings. The van der Waals surface area contributed by atoms with Gasteiger partial charge in [0.1, 0.15) is 5.75 Å². The van der Waals surface area contributed by atoms with E-state index in [1.165, 1.54) is 17.5 Å². The number of nitrogens with zero attached hydrogens (tertiary/aromatic N) is 2. The molecule has 0 radical (unpaired) electrons. The van der Waals surface area contributed by atoms with E-state index in [4.69, 9.17) is 10.5 Å². The van der Waals surface area contributed by atoms with Crippen LogP contribution in [-0.2, 0) is 6.42 Å². The quantitative estimate of drug-likeness (QED) is 0.794. The molecule has 21 heavy (non-hydrogen) atoms. The van der Waals surface area contributed by atoms with E-state index in [1.807, 2.05) is 0 Å². The monoisotopic (exact) mass is 291 g/mol. The molecule has 0 aromatic heterocycles. The fourth-order valence-corrected chi connectivity index (χ4v) is 3.03. The van der Waals surface area contributed by atoms with Crippen molar-refractivity contribution in [1.29, 1.82) is 0 Å². The highest BCUT2D eigenvalue weighted by molar-refractivity contribution is 5.40. The number of rotatable bonds is 8. The second kappa shape index (κ2) is 7.78. The second-order valence-electron chi connectivity index (χ2n) is 6.00. The molecule has 0 aliphatic carbocycles. The molecule has 1 aromatic carbocycles. The summed E-state index contributed by atoms with van der Waals surface area (Å²) < 4.78 is 5.59. The van der Waals surface area contributed by atoms with Gasteiger partial charge in [-0.15, -0.1) is 0 Å². The lowest BCUT2D eigenvalue weighted by molar-refractivity contribution is 0.201. The van der Waals surface area contributed by atoms with Crippen LogP contribution in [0.1, 0.15) is 30.5 Å². The highest BCUT2D eigenvalue weighted by atomic mass is 16.5. The third-order valence-corrected chi connectivity index (χ3v) is 4.22. The highest BCUT2D eigenvalue weighted by Crippen LogP contribution is 2.29. The first-order valence-electron chi connectivity index (χ1n) is 8.00. The van der Waals surface area contributed by atoms with Crippen molar-refractivity contribution in [3.63, 3.8) is 0 Å². The minimum absolute atomic E-state index is 0.308. The van der Waals surface area contributed by atoms with Gasteiger partial charge in [0, 0.05) is 25.6 Å². The van der Waals surface area contributed by atoms with Crippen LogP contribution in [0.25, 0.3) is 0 Å². The van der Waals surface area contributed by atoms with E-state index in [1.54, 1.807) is 0 Å². The lowest BCUT2D eigenvalue weighted by Gasteiger charge is -2.31. The van der Waals surface area contributed by atoms with Crippen molar-refractivity contribution < 1.29 is 4.74 Å². The number of hydrogen-bond donors (Lipinski definition) is 1. The number of hydrogen-bond acceptors (Lipinski definition) is 4. The SMILES string of the molecule is CCN(CCCN(C)C)C(CN)c1ccc2c(c1)CCO2. The maximum absolute atomic E-state index is 6.07. The Morgan fingerprint density at radius 1 is 1.29 bits per heavy atom. The van der Waals surface area contributed by atoms with Crippen LogP contribution >= 0.6 is 0 Å². The van der Waals surface area contributed by atoms with Crippen molar-refractivity contribution in [2.75, 3.05) is 46.9 Å². The summed E-state index contributed by atoms with van der Waals surface area (Å²) in [6.07, 6.45) is 2.19. The van der Waals surface area contributed by atoms with Crippen molar-refractivity contribution >= 4 is 0 Å². The van der Waals surface area contributed by atoms with Crippen LogP contribution in [0.3, 0.4) is 0 Å². The number of nitrogens with two attached hydrogens (primary N) is 1. The molecule has 0 amide bonds. The van der Waals surface area contributed by atoms with Gasteiger partial charge in [0.25, 0.3) is 0 Å². The summed E-state index contributed by atoms with van der Waals surface area (Å²) in [6.45, 7) is 6.93. The van der Waals surface area contributed by atoms with E-state index >= 15 is 0 Å². The van der Waals surface area contributed by atoms with Gasteiger partial charge in [-0.3, -0.25) is 4.90 Å². The Kier molecular flexibility index (Phi) is 6.03. The summed E-state index contributed by atoms with van der Waals surface area (Å²) in [4.78, 5) is 4.72. The largest absolute Gasteiger partial charge is 0.493 e. The van der Waals surface area contributed by atoms with Crippen molar-refractivity contribution in [1.82, 2.24) is 9.80 Å². The molecule has 1 unspecified atom stereocenters. The number of benzene rings is 1. The second-order valence-corrected chi connectivity index (χ2v) is 6.00. The fraction of sp³-hybridized carbons (Fsp3) is 0.647. The molecule has 4 heteroatoms. The zero-order chi connectivity index (χ0) is 15.2. The van der Waals surface area contributed by atoms with Crippen LogP contribution in [0.2, 0.25) is 0 Å². The van der Waals surface area contributed by atoms with Gasteiger partial charge < -0.3 is 15.4 Å². The Bertz CT molecular complexity index is 448. The molecule has 1 atom stereocenters. The maximum atomic E-state index is 6.07. The predicted octanol–water partition coefficient (Wildman–Crippen LogP) is 1.89. The first kappa shape index (κ1) is 16.3. The Morgan fingerprint density at radius 3 is 2.76 bits per heavy atom. The van der Waals surface area contributed by atoms with Gasteiger partial charge >= 0.3 is 0 Å². The topological polar surface area (TPSA) is 41.7 Å². The summed E-state index contributed by atoms with van der Waals surface area (Å²) in [5.74, 6) is 1.05. The molecule has 4 nitrogen and oxygen atoms in total. The molecule has 0 bridgehead atoms. The van der Waals surface area contributed by atoms with E-state index in [2.05, 4.69) is 49.0 Å². The summed E-state index contributed by atoms with van der Waals surface area (Å²) in [5.41, 5.74) is 8.73. The van der Waals surface area contributed by atoms with E-state index in [0.29, 0.717) is 12.6 Å². The van der Waals surface area contributed by atoms with Crippen molar-refractivity contribution in [3.05, 3.63) is 29.3 Å². The molecule has 118 valence electrons. The van der Waals surface area contributed by atoms with Gasteiger partial charge in [0.15, 0.2) is 0 Å². The third kappa shape index (κ3) is 4.19. The van der Waals surface area contributed by atoms with Crippen LogP contribution in [-0.4, -0.2) is 56.7 Å². The van der Waals surface area contributed by atoms with Crippen LogP contribution < -0.4 is 10.5 Å². The van der Waals surface area contributed by atoms with Crippen molar-refractivity contribution in [2.45, 2.75) is 25.8 Å². The molecule has 1 aliphatic heterocycles. The summed E-state index contributed by atoms with van der Waals surface area (Å²) >= 11 is 0. The Morgan fingerprint density at radius 2 is 2.10 bits per heavy atom. The first-order chi connectivity index (χ1) is 10.2. The summed E-state index contributed by atoms with van der Waals surface area (Å²) in [5, 5.41) is 0. The molecule has 1 aromatic rings. The molecule has 1 heterocycles. The van der Waals surface area contributed by atoms with Gasteiger partial charge in [-0.25, -0.2) is 0 Å². The average molecular weight is 291 g/mol. The molecule has 0 spiro atoms. The van der Waals surface area contributed by atoms with Gasteiger partial charge in [-0.1, -0.05) is 19.1 Å². The molecule has 2 rings (SSSR count). The zero-order valence-electron chi connectivity index (χ0n) is 13.6. The van der Waals surface area contributed by atoms with Crippen LogP contribution in [0.5, 0.6) is 5.75 Å². The van der Waals surface area contributed by atoms with E-state index in [9.17, 15) is 0 Å². The van der Waals surface area contributed by atoms with E-state index < -0.39 is 0 Å². The first-order valence-corrected chi connectivity index (χ1v) is 8.00. The molecular formula is C17H29N3O. The van der Waals surface area contributed by atoms with Crippen LogP contribution in [0.15, 0.2) is 18.2 Å². The average Bonchev–Trinajstić information content (AvgIpc) is 2.93. The molecule has 0 fully saturated rings. The number of ether oxygens (including phenoxy) is 1. The molecule has 0 saturated carbocycles. The van der Waals surface area contributed by atoms with Gasteiger partial charge in [-0.05, 0) is 50.8 Å². The molecule has 0 saturated heterocycles. The normalized spacial score (nSPS) is 15.3. The predicted molar refractivity (Wildman–Crippen MR) is 87.9 cm³/mol.